The van der Waals surface area contributed by atoms with Crippen LogP contribution in [-0.2, 0) is 7.05 Å². The van der Waals surface area contributed by atoms with Gasteiger partial charge in [-0.25, -0.2) is 4.98 Å². The number of nitrogens with one attached hydrogen (secondary N) is 1. The second-order valence-corrected chi connectivity index (χ2v) is 7.18. The fourth-order valence-corrected chi connectivity index (χ4v) is 3.68. The first-order chi connectivity index (χ1) is 13.0. The van der Waals surface area contributed by atoms with Crippen molar-refractivity contribution in [2.24, 2.45) is 7.05 Å². The van der Waals surface area contributed by atoms with Gasteiger partial charge in [-0.1, -0.05) is 18.2 Å². The highest BCUT2D eigenvalue weighted by atomic mass is 32.2. The van der Waals surface area contributed by atoms with Gasteiger partial charge in [0.15, 0.2) is 0 Å². The molecule has 3 aromatic heterocycles. The van der Waals surface area contributed by atoms with Crippen molar-refractivity contribution in [3.05, 3.63) is 70.3 Å². The number of carbonyl (C=O) groups excluding carboxylic acids is 1. The number of nitrogens with zero attached hydrogens (tertiary/aromatic N) is 3. The van der Waals surface area contributed by atoms with Crippen molar-refractivity contribution in [1.29, 1.82) is 0 Å². The van der Waals surface area contributed by atoms with Crippen molar-refractivity contribution in [2.75, 3.05) is 11.6 Å². The Morgan fingerprint density at radius 3 is 2.74 bits per heavy atom. The molecule has 0 saturated carbocycles. The molecule has 4 aromatic rings. The van der Waals surface area contributed by atoms with Gasteiger partial charge < -0.3 is 9.88 Å². The zero-order chi connectivity index (χ0) is 19.1. The summed E-state index contributed by atoms with van der Waals surface area (Å²) >= 11 is 1.56. The Kier molecular flexibility index (Phi) is 4.24. The van der Waals surface area contributed by atoms with Crippen LogP contribution in [0.5, 0.6) is 0 Å². The van der Waals surface area contributed by atoms with Crippen molar-refractivity contribution in [1.82, 2.24) is 14.0 Å². The van der Waals surface area contributed by atoms with Gasteiger partial charge in [-0.3, -0.25) is 14.0 Å². The minimum atomic E-state index is -0.276. The lowest BCUT2D eigenvalue weighted by atomic mass is 10.3. The number of carbonyl (C=O) groups is 1. The first kappa shape index (κ1) is 17.4. The SMILES string of the molecule is CSc1ccccc1NC(=O)c1cc2c(=O)n3cc(C)ccc3nc2n1C. The summed E-state index contributed by atoms with van der Waals surface area (Å²) in [6.07, 6.45) is 3.71. The van der Waals surface area contributed by atoms with E-state index in [1.807, 2.05) is 43.5 Å². The number of fused-ring (bicyclic) bond motifs is 2. The van der Waals surface area contributed by atoms with Gasteiger partial charge in [0.1, 0.15) is 17.0 Å². The molecule has 3 heterocycles. The first-order valence-electron chi connectivity index (χ1n) is 8.42. The highest BCUT2D eigenvalue weighted by Gasteiger charge is 2.18. The number of hydrogen-bond donors (Lipinski definition) is 1. The van der Waals surface area contributed by atoms with Gasteiger partial charge >= 0.3 is 0 Å². The van der Waals surface area contributed by atoms with Gasteiger partial charge in [0, 0.05) is 18.1 Å². The topological polar surface area (TPSA) is 68.4 Å². The average molecular weight is 378 g/mol. The number of thioether (sulfide) groups is 1. The lowest BCUT2D eigenvalue weighted by Crippen LogP contribution is -2.16. The number of anilines is 1. The summed E-state index contributed by atoms with van der Waals surface area (Å²) in [4.78, 5) is 31.3. The summed E-state index contributed by atoms with van der Waals surface area (Å²) in [5.74, 6) is -0.276. The largest absolute Gasteiger partial charge is 0.324 e. The number of rotatable bonds is 3. The van der Waals surface area contributed by atoms with E-state index >= 15 is 0 Å². The van der Waals surface area contributed by atoms with E-state index in [1.54, 1.807) is 41.7 Å². The molecule has 0 aliphatic heterocycles. The van der Waals surface area contributed by atoms with Crippen LogP contribution in [0.2, 0.25) is 0 Å². The van der Waals surface area contributed by atoms with Crippen LogP contribution >= 0.6 is 11.8 Å². The number of hydrogen-bond acceptors (Lipinski definition) is 4. The zero-order valence-electron chi connectivity index (χ0n) is 15.2. The molecular weight excluding hydrogens is 360 g/mol. The number of benzene rings is 1. The fraction of sp³-hybridized carbons (Fsp3) is 0.150. The van der Waals surface area contributed by atoms with E-state index in [9.17, 15) is 9.59 Å². The third kappa shape index (κ3) is 2.90. The van der Waals surface area contributed by atoms with Crippen LogP contribution in [0.4, 0.5) is 5.69 Å². The number of amides is 1. The second kappa shape index (κ2) is 6.59. The van der Waals surface area contributed by atoms with E-state index in [-0.39, 0.29) is 11.5 Å². The van der Waals surface area contributed by atoms with Gasteiger partial charge in [0.05, 0.1) is 11.1 Å². The van der Waals surface area contributed by atoms with Crippen LogP contribution in [0.3, 0.4) is 0 Å². The molecule has 0 spiro atoms. The maximum atomic E-state index is 12.9. The Bertz CT molecular complexity index is 1260. The predicted octanol–water partition coefficient (Wildman–Crippen LogP) is 3.47. The van der Waals surface area contributed by atoms with Crippen molar-refractivity contribution >= 4 is 40.0 Å². The molecule has 1 aromatic carbocycles. The Hall–Kier alpha value is -3.06. The number of aromatic nitrogens is 3. The number of pyridine rings is 1. The molecule has 0 fully saturated rings. The van der Waals surface area contributed by atoms with Crippen LogP contribution in [0.25, 0.3) is 16.7 Å². The monoisotopic (exact) mass is 378 g/mol. The van der Waals surface area contributed by atoms with E-state index in [1.165, 1.54) is 4.40 Å². The smallest absolute Gasteiger partial charge is 0.272 e. The summed E-state index contributed by atoms with van der Waals surface area (Å²) < 4.78 is 3.18. The maximum Gasteiger partial charge on any atom is 0.272 e. The number of para-hydroxylation sites is 1. The summed E-state index contributed by atoms with van der Waals surface area (Å²) in [5.41, 5.74) is 2.96. The minimum Gasteiger partial charge on any atom is -0.324 e. The number of aryl methyl sites for hydroxylation is 2. The molecule has 1 N–H and O–H groups in total. The highest BCUT2D eigenvalue weighted by molar-refractivity contribution is 7.98. The molecule has 7 heteroatoms. The third-order valence-electron chi connectivity index (χ3n) is 4.53. The van der Waals surface area contributed by atoms with Gasteiger partial charge in [-0.15, -0.1) is 11.8 Å². The summed E-state index contributed by atoms with van der Waals surface area (Å²) in [6.45, 7) is 1.92. The summed E-state index contributed by atoms with van der Waals surface area (Å²) in [6, 6.07) is 12.9. The van der Waals surface area contributed by atoms with E-state index in [2.05, 4.69) is 10.3 Å². The lowest BCUT2D eigenvalue weighted by Gasteiger charge is -2.09. The molecule has 1 amide bonds. The molecule has 0 radical (unpaired) electrons. The normalized spacial score (nSPS) is 11.2. The molecule has 0 atom stereocenters. The van der Waals surface area contributed by atoms with Crippen LogP contribution in [0.1, 0.15) is 16.1 Å². The summed E-state index contributed by atoms with van der Waals surface area (Å²) in [7, 11) is 1.74. The average Bonchev–Trinajstić information content (AvgIpc) is 3.00. The second-order valence-electron chi connectivity index (χ2n) is 6.33. The Morgan fingerprint density at radius 2 is 1.96 bits per heavy atom. The highest BCUT2D eigenvalue weighted by Crippen LogP contribution is 2.25. The first-order valence-corrected chi connectivity index (χ1v) is 9.65. The molecule has 27 heavy (non-hydrogen) atoms. The van der Waals surface area contributed by atoms with E-state index in [0.29, 0.717) is 22.4 Å². The van der Waals surface area contributed by atoms with Gasteiger partial charge in [-0.2, -0.15) is 0 Å². The van der Waals surface area contributed by atoms with Crippen LogP contribution in [-0.4, -0.2) is 26.1 Å². The summed E-state index contributed by atoms with van der Waals surface area (Å²) in [5, 5.41) is 3.35. The van der Waals surface area contributed by atoms with E-state index in [0.717, 1.165) is 16.1 Å². The van der Waals surface area contributed by atoms with Crippen LogP contribution in [0.15, 0.2) is 58.4 Å². The van der Waals surface area contributed by atoms with Crippen LogP contribution in [0, 0.1) is 6.92 Å². The molecule has 0 aliphatic carbocycles. The Balaban J connectivity index is 1.84. The van der Waals surface area contributed by atoms with Gasteiger partial charge in [0.2, 0.25) is 0 Å². The standard InChI is InChI=1S/C20H18N4O2S/c1-12-8-9-17-22-18-13(20(26)24(17)11-12)10-15(23(18)2)19(25)21-14-6-4-5-7-16(14)27-3/h4-11H,1-3H3,(H,21,25). The van der Waals surface area contributed by atoms with Gasteiger partial charge in [0.25, 0.3) is 11.5 Å². The van der Waals surface area contributed by atoms with Gasteiger partial charge in [-0.05, 0) is 43.0 Å². The van der Waals surface area contributed by atoms with Crippen molar-refractivity contribution in [2.45, 2.75) is 11.8 Å². The van der Waals surface area contributed by atoms with Crippen LogP contribution < -0.4 is 10.9 Å². The Morgan fingerprint density at radius 1 is 1.19 bits per heavy atom. The van der Waals surface area contributed by atoms with E-state index in [4.69, 9.17) is 0 Å². The van der Waals surface area contributed by atoms with E-state index < -0.39 is 0 Å². The molecule has 0 unspecified atom stereocenters. The molecule has 0 aliphatic rings. The molecule has 0 bridgehead atoms. The molecule has 0 saturated heterocycles. The minimum absolute atomic E-state index is 0.183. The lowest BCUT2D eigenvalue weighted by molar-refractivity contribution is 0.101. The predicted molar refractivity (Wildman–Crippen MR) is 109 cm³/mol. The molecule has 6 nitrogen and oxygen atoms in total. The fourth-order valence-electron chi connectivity index (χ4n) is 3.13. The quantitative estimate of drug-likeness (QED) is 0.554. The third-order valence-corrected chi connectivity index (χ3v) is 5.33. The molecule has 4 rings (SSSR count). The molecular formula is C20H18N4O2S. The van der Waals surface area contributed by atoms with Crippen molar-refractivity contribution in [3.63, 3.8) is 0 Å². The van der Waals surface area contributed by atoms with Crippen molar-refractivity contribution in [3.8, 4) is 0 Å². The maximum absolute atomic E-state index is 12.9. The van der Waals surface area contributed by atoms with Crippen molar-refractivity contribution < 1.29 is 4.79 Å². The Labute approximate surface area is 159 Å². The zero-order valence-corrected chi connectivity index (χ0v) is 16.0. The molecule has 136 valence electrons.